The van der Waals surface area contributed by atoms with Gasteiger partial charge in [-0.25, -0.2) is 0 Å². The van der Waals surface area contributed by atoms with Gasteiger partial charge in [-0.1, -0.05) is 12.5 Å². The van der Waals surface area contributed by atoms with E-state index in [9.17, 15) is 9.59 Å². The van der Waals surface area contributed by atoms with Gasteiger partial charge in [-0.3, -0.25) is 0 Å². The SMILES string of the molecule is CCC1[C-]=C(C(C)=O)C(=O)N1.[Na+].[OH-]. The van der Waals surface area contributed by atoms with Crippen LogP contribution in [-0.4, -0.2) is 23.2 Å². The van der Waals surface area contributed by atoms with Crippen molar-refractivity contribution in [2.45, 2.75) is 26.3 Å². The Morgan fingerprint density at radius 2 is 2.15 bits per heavy atom. The smallest absolute Gasteiger partial charge is 0.870 e. The van der Waals surface area contributed by atoms with E-state index >= 15 is 0 Å². The minimum absolute atomic E-state index is 0. The average molecular weight is 192 g/mol. The molecule has 5 heteroatoms. The van der Waals surface area contributed by atoms with Crippen LogP contribution >= 0.6 is 0 Å². The van der Waals surface area contributed by atoms with Crippen LogP contribution in [0.3, 0.4) is 0 Å². The molecule has 1 aliphatic rings. The number of hydrogen-bond acceptors (Lipinski definition) is 3. The molecule has 68 valence electrons. The van der Waals surface area contributed by atoms with Crippen LogP contribution in [0.1, 0.15) is 20.3 Å². The van der Waals surface area contributed by atoms with Gasteiger partial charge in [-0.05, 0) is 19.4 Å². The van der Waals surface area contributed by atoms with E-state index in [0.29, 0.717) is 0 Å². The number of nitrogens with one attached hydrogen (secondary N) is 1. The number of rotatable bonds is 2. The van der Waals surface area contributed by atoms with Crippen molar-refractivity contribution in [2.24, 2.45) is 0 Å². The van der Waals surface area contributed by atoms with E-state index in [0.717, 1.165) is 6.42 Å². The van der Waals surface area contributed by atoms with Gasteiger partial charge in [0.2, 0.25) is 0 Å². The molecule has 0 aromatic carbocycles. The van der Waals surface area contributed by atoms with Gasteiger partial charge in [0, 0.05) is 0 Å². The number of amides is 1. The topological polar surface area (TPSA) is 76.2 Å². The average Bonchev–Trinajstić information content (AvgIpc) is 2.30. The molecule has 1 rings (SSSR count). The van der Waals surface area contributed by atoms with Crippen molar-refractivity contribution in [1.29, 1.82) is 0 Å². The van der Waals surface area contributed by atoms with Gasteiger partial charge in [0.15, 0.2) is 0 Å². The van der Waals surface area contributed by atoms with Crippen molar-refractivity contribution in [3.63, 3.8) is 0 Å². The molecule has 0 saturated heterocycles. The Bertz CT molecular complexity index is 238. The largest absolute Gasteiger partial charge is 1.00 e. The first kappa shape index (κ1) is 15.3. The van der Waals surface area contributed by atoms with E-state index in [1.165, 1.54) is 6.92 Å². The summed E-state index contributed by atoms with van der Waals surface area (Å²) < 4.78 is 0. The molecule has 0 bridgehead atoms. The Kier molecular flexibility index (Phi) is 7.44. The normalized spacial score (nSPS) is 19.4. The van der Waals surface area contributed by atoms with Crippen LogP contribution < -0.4 is 34.9 Å². The summed E-state index contributed by atoms with van der Waals surface area (Å²) in [7, 11) is 0. The molecule has 1 heterocycles. The van der Waals surface area contributed by atoms with Crippen molar-refractivity contribution in [3.05, 3.63) is 11.6 Å². The van der Waals surface area contributed by atoms with E-state index in [-0.39, 0.29) is 58.3 Å². The first-order chi connectivity index (χ1) is 5.15. The molecular formula is C8H11NNaO3-. The third-order valence-electron chi connectivity index (χ3n) is 1.61. The summed E-state index contributed by atoms with van der Waals surface area (Å²) >= 11 is 0. The summed E-state index contributed by atoms with van der Waals surface area (Å²) in [6.07, 6.45) is 3.58. The van der Waals surface area contributed by atoms with Crippen LogP contribution in [0.15, 0.2) is 5.57 Å². The monoisotopic (exact) mass is 192 g/mol. The van der Waals surface area contributed by atoms with Crippen LogP contribution in [0, 0.1) is 6.08 Å². The van der Waals surface area contributed by atoms with Gasteiger partial charge in [0.1, 0.15) is 5.91 Å². The number of carbonyl (C=O) groups excluding carboxylic acids is 2. The Hall–Kier alpha value is -0.160. The van der Waals surface area contributed by atoms with E-state index in [2.05, 4.69) is 11.4 Å². The van der Waals surface area contributed by atoms with E-state index in [1.54, 1.807) is 0 Å². The second-order valence-electron chi connectivity index (χ2n) is 2.51. The summed E-state index contributed by atoms with van der Waals surface area (Å²) in [5.41, 5.74) is 0.178. The van der Waals surface area contributed by atoms with Crippen molar-refractivity contribution in [3.8, 4) is 0 Å². The van der Waals surface area contributed by atoms with Gasteiger partial charge in [-0.2, -0.15) is 6.08 Å². The molecule has 1 amide bonds. The fraction of sp³-hybridized carbons (Fsp3) is 0.500. The first-order valence-corrected chi connectivity index (χ1v) is 3.60. The Balaban J connectivity index is 0. The molecular weight excluding hydrogens is 181 g/mol. The molecule has 0 aromatic heterocycles. The molecule has 1 aliphatic heterocycles. The summed E-state index contributed by atoms with van der Waals surface area (Å²) in [6.45, 7) is 3.31. The molecule has 0 saturated carbocycles. The third-order valence-corrected chi connectivity index (χ3v) is 1.61. The van der Waals surface area contributed by atoms with Crippen molar-refractivity contribution in [1.82, 2.24) is 5.32 Å². The predicted octanol–water partition coefficient (Wildman–Crippen LogP) is -2.96. The second kappa shape index (κ2) is 6.32. The van der Waals surface area contributed by atoms with Gasteiger partial charge in [0.25, 0.3) is 0 Å². The van der Waals surface area contributed by atoms with Crippen molar-refractivity contribution >= 4 is 11.7 Å². The molecule has 0 aliphatic carbocycles. The molecule has 2 N–H and O–H groups in total. The minimum atomic E-state index is -0.288. The fourth-order valence-electron chi connectivity index (χ4n) is 0.972. The summed E-state index contributed by atoms with van der Waals surface area (Å²) in [6, 6.07) is -0.0681. The van der Waals surface area contributed by atoms with Gasteiger partial charge in [0.05, 0.1) is 5.78 Å². The summed E-state index contributed by atoms with van der Waals surface area (Å²) in [5.74, 6) is -0.497. The first-order valence-electron chi connectivity index (χ1n) is 3.60. The molecule has 0 radical (unpaired) electrons. The van der Waals surface area contributed by atoms with Crippen LogP contribution in [0.5, 0.6) is 0 Å². The Labute approximate surface area is 99.4 Å². The molecule has 1 atom stereocenters. The Morgan fingerprint density at radius 3 is 2.38 bits per heavy atom. The molecule has 0 spiro atoms. The standard InChI is InChI=1S/C8H10NO2.Na.H2O/c1-3-6-4-7(5(2)10)8(11)9-6;;/h6H,3H2,1-2H3,(H,9,11);;1H2/q-1;+1;/p-1. The van der Waals surface area contributed by atoms with Crippen molar-refractivity contribution < 1.29 is 44.6 Å². The third kappa shape index (κ3) is 3.60. The number of Topliss-reactive ketones (excluding diaryl/α,β-unsaturated/α-hetero) is 1. The van der Waals surface area contributed by atoms with Gasteiger partial charge in [-0.15, -0.1) is 0 Å². The Morgan fingerprint density at radius 1 is 1.62 bits per heavy atom. The van der Waals surface area contributed by atoms with Crippen LogP contribution in [0.2, 0.25) is 0 Å². The molecule has 1 unspecified atom stereocenters. The number of hydrogen-bond donors (Lipinski definition) is 1. The fourth-order valence-corrected chi connectivity index (χ4v) is 0.972. The zero-order chi connectivity index (χ0) is 8.43. The summed E-state index contributed by atoms with van der Waals surface area (Å²) in [5, 5.41) is 2.63. The van der Waals surface area contributed by atoms with Crippen molar-refractivity contribution in [2.75, 3.05) is 0 Å². The number of carbonyl (C=O) groups is 2. The number of ketones is 1. The summed E-state index contributed by atoms with van der Waals surface area (Å²) in [4.78, 5) is 21.7. The molecule has 0 aromatic rings. The molecule has 0 fully saturated rings. The maximum atomic E-state index is 11.0. The zero-order valence-electron chi connectivity index (χ0n) is 8.05. The molecule has 4 nitrogen and oxygen atoms in total. The molecule has 13 heavy (non-hydrogen) atoms. The maximum Gasteiger partial charge on any atom is 1.00 e. The van der Waals surface area contributed by atoms with Crippen LogP contribution in [0.25, 0.3) is 0 Å². The second-order valence-corrected chi connectivity index (χ2v) is 2.51. The van der Waals surface area contributed by atoms with Gasteiger partial charge < -0.3 is 20.4 Å². The van der Waals surface area contributed by atoms with E-state index < -0.39 is 0 Å². The quantitative estimate of drug-likeness (QED) is 0.288. The maximum absolute atomic E-state index is 11.0. The van der Waals surface area contributed by atoms with Crippen LogP contribution in [-0.2, 0) is 9.59 Å². The van der Waals surface area contributed by atoms with E-state index in [1.807, 2.05) is 6.92 Å². The predicted molar refractivity (Wildman–Crippen MR) is 41.6 cm³/mol. The minimum Gasteiger partial charge on any atom is -0.870 e. The van der Waals surface area contributed by atoms with Gasteiger partial charge >= 0.3 is 29.6 Å². The van der Waals surface area contributed by atoms with E-state index in [4.69, 9.17) is 0 Å². The zero-order valence-corrected chi connectivity index (χ0v) is 10.0. The van der Waals surface area contributed by atoms with Crippen LogP contribution in [0.4, 0.5) is 0 Å².